The Balaban J connectivity index is 1.46. The summed E-state index contributed by atoms with van der Waals surface area (Å²) in [4.78, 5) is 31.8. The van der Waals surface area contributed by atoms with E-state index < -0.39 is 16.0 Å². The zero-order chi connectivity index (χ0) is 28.3. The maximum absolute atomic E-state index is 13.9. The molecule has 1 aliphatic heterocycles. The summed E-state index contributed by atoms with van der Waals surface area (Å²) in [6.07, 6.45) is 1.01. The number of nitrogens with zero attached hydrogens (tertiary/aromatic N) is 3. The number of primary amides is 1. The van der Waals surface area contributed by atoms with Gasteiger partial charge in [0.1, 0.15) is 11.9 Å². The third-order valence-electron chi connectivity index (χ3n) is 6.63. The third kappa shape index (κ3) is 5.81. The van der Waals surface area contributed by atoms with Crippen LogP contribution in [0.2, 0.25) is 0 Å². The van der Waals surface area contributed by atoms with Crippen LogP contribution in [0.3, 0.4) is 0 Å². The van der Waals surface area contributed by atoms with Crippen molar-refractivity contribution in [1.29, 1.82) is 0 Å². The number of benzene rings is 3. The topological polar surface area (TPSA) is 134 Å². The molecule has 5 rings (SSSR count). The van der Waals surface area contributed by atoms with Crippen LogP contribution in [0.1, 0.15) is 37.9 Å². The first kappa shape index (κ1) is 27.3. The highest BCUT2D eigenvalue weighted by Crippen LogP contribution is 2.29. The lowest BCUT2D eigenvalue weighted by Gasteiger charge is -2.33. The lowest BCUT2D eigenvalue weighted by atomic mass is 10.0. The highest BCUT2D eigenvalue weighted by atomic mass is 32.2. The fourth-order valence-electron chi connectivity index (χ4n) is 4.53. The standard InChI is InChI=1S/C29H28N4O6S/c1-32-18-26(40(36,37)39-19-20-8-4-2-5-9-20)31-28(32)23-13-12-22(27(30)34)16-24(23)29(35)33-14-15-38-25(17-33)21-10-6-3-7-11-21/h2-13,16,18,25H,14-15,17,19H2,1H3,(H2,30,34). The van der Waals surface area contributed by atoms with Gasteiger partial charge in [-0.2, -0.15) is 8.42 Å². The van der Waals surface area contributed by atoms with Crippen molar-refractivity contribution in [3.8, 4) is 11.4 Å². The quantitative estimate of drug-likeness (QED) is 0.327. The maximum Gasteiger partial charge on any atom is 0.316 e. The molecular weight excluding hydrogens is 532 g/mol. The van der Waals surface area contributed by atoms with Crippen LogP contribution in [0.15, 0.2) is 90.1 Å². The molecule has 0 bridgehead atoms. The van der Waals surface area contributed by atoms with Crippen LogP contribution < -0.4 is 5.73 Å². The van der Waals surface area contributed by atoms with E-state index in [1.807, 2.05) is 36.4 Å². The van der Waals surface area contributed by atoms with Crippen LogP contribution in [0.5, 0.6) is 0 Å². The average Bonchev–Trinajstić information content (AvgIpc) is 3.38. The number of hydrogen-bond donors (Lipinski definition) is 1. The van der Waals surface area contributed by atoms with Gasteiger partial charge in [-0.3, -0.25) is 13.8 Å². The Morgan fingerprint density at radius 3 is 2.45 bits per heavy atom. The molecule has 1 unspecified atom stereocenters. The number of aryl methyl sites for hydroxylation is 1. The number of hydrogen-bond acceptors (Lipinski definition) is 7. The van der Waals surface area contributed by atoms with Crippen molar-refractivity contribution in [3.05, 3.63) is 107 Å². The van der Waals surface area contributed by atoms with E-state index in [1.54, 1.807) is 42.3 Å². The molecule has 1 fully saturated rings. The molecule has 1 aliphatic rings. The Morgan fingerprint density at radius 2 is 1.75 bits per heavy atom. The normalized spacial score (nSPS) is 15.6. The molecule has 1 atom stereocenters. The number of imidazole rings is 1. The van der Waals surface area contributed by atoms with Crippen LogP contribution >= 0.6 is 0 Å². The van der Waals surface area contributed by atoms with Crippen molar-refractivity contribution in [1.82, 2.24) is 14.5 Å². The van der Waals surface area contributed by atoms with E-state index in [-0.39, 0.29) is 40.6 Å². The van der Waals surface area contributed by atoms with Gasteiger partial charge in [0.2, 0.25) is 10.9 Å². The van der Waals surface area contributed by atoms with Gasteiger partial charge in [0.25, 0.3) is 5.91 Å². The maximum atomic E-state index is 13.9. The van der Waals surface area contributed by atoms with Crippen molar-refractivity contribution in [3.63, 3.8) is 0 Å². The summed E-state index contributed by atoms with van der Waals surface area (Å²) in [6.45, 7) is 0.831. The van der Waals surface area contributed by atoms with Gasteiger partial charge < -0.3 is 19.9 Å². The summed E-state index contributed by atoms with van der Waals surface area (Å²) >= 11 is 0. The molecule has 0 spiro atoms. The number of ether oxygens (including phenoxy) is 1. The molecule has 206 valence electrons. The Kier molecular flexibility index (Phi) is 7.78. The van der Waals surface area contributed by atoms with Crippen LogP contribution in [0, 0.1) is 0 Å². The van der Waals surface area contributed by atoms with Gasteiger partial charge in [0.15, 0.2) is 0 Å². The summed E-state index contributed by atoms with van der Waals surface area (Å²) in [5.74, 6) is -0.827. The first-order chi connectivity index (χ1) is 19.2. The fourth-order valence-corrected chi connectivity index (χ4v) is 5.43. The first-order valence-corrected chi connectivity index (χ1v) is 14.0. The summed E-state index contributed by atoms with van der Waals surface area (Å²) in [7, 11) is -2.58. The van der Waals surface area contributed by atoms with Gasteiger partial charge in [0.05, 0.1) is 25.3 Å². The highest BCUT2D eigenvalue weighted by Gasteiger charge is 2.30. The Labute approximate surface area is 232 Å². The van der Waals surface area contributed by atoms with Crippen molar-refractivity contribution in [2.45, 2.75) is 17.7 Å². The van der Waals surface area contributed by atoms with Crippen LogP contribution in [0.4, 0.5) is 0 Å². The van der Waals surface area contributed by atoms with Crippen molar-refractivity contribution < 1.29 is 26.9 Å². The molecule has 11 heteroatoms. The second-order valence-electron chi connectivity index (χ2n) is 9.36. The van der Waals surface area contributed by atoms with Crippen molar-refractivity contribution in [2.75, 3.05) is 19.7 Å². The van der Waals surface area contributed by atoms with E-state index in [9.17, 15) is 18.0 Å². The minimum absolute atomic E-state index is 0.146. The summed E-state index contributed by atoms with van der Waals surface area (Å²) in [5.41, 5.74) is 7.83. The number of morpholine rings is 1. The Morgan fingerprint density at radius 1 is 1.05 bits per heavy atom. The van der Waals surface area contributed by atoms with E-state index in [0.29, 0.717) is 30.8 Å². The Bertz CT molecular complexity index is 1640. The zero-order valence-electron chi connectivity index (χ0n) is 21.8. The summed E-state index contributed by atoms with van der Waals surface area (Å²) in [6, 6.07) is 23.0. The monoisotopic (exact) mass is 560 g/mol. The predicted molar refractivity (Wildman–Crippen MR) is 147 cm³/mol. The van der Waals surface area contributed by atoms with Gasteiger partial charge in [-0.25, -0.2) is 4.98 Å². The molecule has 3 aromatic carbocycles. The second kappa shape index (κ2) is 11.4. The number of carbonyl (C=O) groups excluding carboxylic acids is 2. The molecule has 2 heterocycles. The summed E-state index contributed by atoms with van der Waals surface area (Å²) < 4.78 is 38.5. The second-order valence-corrected chi connectivity index (χ2v) is 10.9. The van der Waals surface area contributed by atoms with E-state index in [1.165, 1.54) is 22.9 Å². The van der Waals surface area contributed by atoms with Gasteiger partial charge in [-0.1, -0.05) is 60.7 Å². The third-order valence-corrected chi connectivity index (χ3v) is 7.77. The average molecular weight is 561 g/mol. The van der Waals surface area contributed by atoms with Crippen molar-refractivity contribution >= 4 is 21.9 Å². The molecule has 40 heavy (non-hydrogen) atoms. The molecule has 0 radical (unpaired) electrons. The largest absolute Gasteiger partial charge is 0.370 e. The number of nitrogens with two attached hydrogens (primary N) is 1. The fraction of sp³-hybridized carbons (Fsp3) is 0.207. The SMILES string of the molecule is Cn1cc(S(=O)(=O)OCc2ccccc2)nc1-c1ccc(C(N)=O)cc1C(=O)N1CCOC(c2ccccc2)C1. The van der Waals surface area contributed by atoms with Gasteiger partial charge in [-0.05, 0) is 29.3 Å². The van der Waals surface area contributed by atoms with E-state index in [2.05, 4.69) is 4.98 Å². The number of amides is 2. The zero-order valence-corrected chi connectivity index (χ0v) is 22.6. The summed E-state index contributed by atoms with van der Waals surface area (Å²) in [5, 5.41) is -0.297. The molecular formula is C29H28N4O6S. The molecule has 10 nitrogen and oxygen atoms in total. The molecule has 0 saturated carbocycles. The first-order valence-electron chi connectivity index (χ1n) is 12.6. The number of aromatic nitrogens is 2. The van der Waals surface area contributed by atoms with Crippen molar-refractivity contribution in [2.24, 2.45) is 12.8 Å². The van der Waals surface area contributed by atoms with Gasteiger partial charge in [0, 0.05) is 30.9 Å². The number of carbonyl (C=O) groups is 2. The molecule has 0 aliphatic carbocycles. The highest BCUT2D eigenvalue weighted by molar-refractivity contribution is 7.86. The minimum atomic E-state index is -4.20. The molecule has 4 aromatic rings. The predicted octanol–water partition coefficient (Wildman–Crippen LogP) is 3.31. The van der Waals surface area contributed by atoms with Crippen LogP contribution in [-0.4, -0.2) is 54.4 Å². The van der Waals surface area contributed by atoms with Gasteiger partial charge in [-0.15, -0.1) is 0 Å². The van der Waals surface area contributed by atoms with E-state index in [4.69, 9.17) is 14.7 Å². The smallest absolute Gasteiger partial charge is 0.316 e. The van der Waals surface area contributed by atoms with E-state index >= 15 is 0 Å². The van der Waals surface area contributed by atoms with Gasteiger partial charge >= 0.3 is 10.1 Å². The number of rotatable bonds is 8. The lowest BCUT2D eigenvalue weighted by Crippen LogP contribution is -2.42. The minimum Gasteiger partial charge on any atom is -0.370 e. The van der Waals surface area contributed by atoms with Crippen LogP contribution in [0.25, 0.3) is 11.4 Å². The molecule has 2 amide bonds. The lowest BCUT2D eigenvalue weighted by molar-refractivity contribution is -0.0228. The molecule has 2 N–H and O–H groups in total. The van der Waals surface area contributed by atoms with Crippen LogP contribution in [-0.2, 0) is 32.7 Å². The molecule has 1 saturated heterocycles. The molecule has 1 aromatic heterocycles. The Hall–Kier alpha value is -4.32. The van der Waals surface area contributed by atoms with E-state index in [0.717, 1.165) is 5.56 Å².